The van der Waals surface area contributed by atoms with Gasteiger partial charge in [0.25, 0.3) is 5.91 Å². The molecule has 2 amide bonds. The number of carbonyl (C=O) groups excluding carboxylic acids is 2. The lowest BCUT2D eigenvalue weighted by molar-refractivity contribution is -0.125. The molecule has 7 nitrogen and oxygen atoms in total. The van der Waals surface area contributed by atoms with Gasteiger partial charge in [0.05, 0.1) is 24.0 Å². The Kier molecular flexibility index (Phi) is 5.21. The summed E-state index contributed by atoms with van der Waals surface area (Å²) in [6, 6.07) is 9.51. The van der Waals surface area contributed by atoms with Gasteiger partial charge < -0.3 is 10.2 Å². The van der Waals surface area contributed by atoms with Crippen molar-refractivity contribution in [1.82, 2.24) is 25.0 Å². The van der Waals surface area contributed by atoms with E-state index in [0.717, 1.165) is 22.7 Å². The quantitative estimate of drug-likeness (QED) is 0.720. The maximum Gasteiger partial charge on any atom is 0.257 e. The third-order valence-corrected chi connectivity index (χ3v) is 5.72. The SMILES string of the molecule is Cn1cc(C(=O)N2CCCC2C(=O)NCc2csc(-c3ccccc3)n2)cn1. The minimum Gasteiger partial charge on any atom is -0.349 e. The van der Waals surface area contributed by atoms with Gasteiger partial charge in [0.15, 0.2) is 0 Å². The molecule has 28 heavy (non-hydrogen) atoms. The Morgan fingerprint density at radius 3 is 2.86 bits per heavy atom. The highest BCUT2D eigenvalue weighted by Crippen LogP contribution is 2.24. The van der Waals surface area contributed by atoms with Gasteiger partial charge in [-0.25, -0.2) is 4.98 Å². The minimum absolute atomic E-state index is 0.135. The topological polar surface area (TPSA) is 80.1 Å². The summed E-state index contributed by atoms with van der Waals surface area (Å²) in [6.07, 6.45) is 4.70. The molecule has 0 bridgehead atoms. The molecular weight excluding hydrogens is 374 g/mol. The molecule has 1 atom stereocenters. The van der Waals surface area contributed by atoms with Crippen molar-refractivity contribution in [3.8, 4) is 10.6 Å². The van der Waals surface area contributed by atoms with Crippen LogP contribution >= 0.6 is 11.3 Å². The second-order valence-electron chi connectivity index (χ2n) is 6.79. The molecule has 1 unspecified atom stereocenters. The summed E-state index contributed by atoms with van der Waals surface area (Å²) in [7, 11) is 1.77. The van der Waals surface area contributed by atoms with E-state index in [4.69, 9.17) is 0 Å². The lowest BCUT2D eigenvalue weighted by atomic mass is 10.2. The summed E-state index contributed by atoms with van der Waals surface area (Å²) < 4.78 is 1.59. The second kappa shape index (κ2) is 7.93. The molecule has 1 aromatic carbocycles. The Bertz CT molecular complexity index is 981. The zero-order chi connectivity index (χ0) is 19.5. The Hall–Kier alpha value is -3.00. The third kappa shape index (κ3) is 3.82. The van der Waals surface area contributed by atoms with Crippen LogP contribution in [0.25, 0.3) is 10.6 Å². The smallest absolute Gasteiger partial charge is 0.257 e. The fourth-order valence-electron chi connectivity index (χ4n) is 3.38. The van der Waals surface area contributed by atoms with Crippen LogP contribution in [0.5, 0.6) is 0 Å². The van der Waals surface area contributed by atoms with Crippen molar-refractivity contribution >= 4 is 23.2 Å². The Morgan fingerprint density at radius 1 is 1.29 bits per heavy atom. The number of nitrogens with one attached hydrogen (secondary N) is 1. The second-order valence-corrected chi connectivity index (χ2v) is 7.65. The average Bonchev–Trinajstić information content (AvgIpc) is 3.46. The summed E-state index contributed by atoms with van der Waals surface area (Å²) >= 11 is 1.56. The minimum atomic E-state index is -0.445. The Balaban J connectivity index is 1.38. The molecule has 3 aromatic rings. The monoisotopic (exact) mass is 395 g/mol. The maximum atomic E-state index is 12.7. The van der Waals surface area contributed by atoms with Crippen LogP contribution in [0.4, 0.5) is 0 Å². The zero-order valence-corrected chi connectivity index (χ0v) is 16.4. The van der Waals surface area contributed by atoms with Gasteiger partial charge in [0.2, 0.25) is 5.91 Å². The van der Waals surface area contributed by atoms with Crippen molar-refractivity contribution in [2.24, 2.45) is 7.05 Å². The molecule has 1 fully saturated rings. The summed E-state index contributed by atoms with van der Waals surface area (Å²) in [4.78, 5) is 31.6. The molecule has 0 saturated carbocycles. The molecule has 8 heteroatoms. The predicted octanol–water partition coefficient (Wildman–Crippen LogP) is 2.46. The molecule has 1 N–H and O–H groups in total. The van der Waals surface area contributed by atoms with Crippen LogP contribution in [-0.4, -0.2) is 44.1 Å². The van der Waals surface area contributed by atoms with Crippen molar-refractivity contribution in [3.63, 3.8) is 0 Å². The number of hydrogen-bond donors (Lipinski definition) is 1. The molecule has 0 spiro atoms. The molecule has 144 valence electrons. The van der Waals surface area contributed by atoms with E-state index in [9.17, 15) is 9.59 Å². The number of thiazole rings is 1. The number of aromatic nitrogens is 3. The molecule has 1 aliphatic rings. The number of hydrogen-bond acceptors (Lipinski definition) is 5. The van der Waals surface area contributed by atoms with E-state index in [1.165, 1.54) is 6.20 Å². The van der Waals surface area contributed by atoms with Crippen molar-refractivity contribution in [3.05, 3.63) is 59.4 Å². The first-order chi connectivity index (χ1) is 13.6. The molecular formula is C20H21N5O2S. The number of aryl methyl sites for hydroxylation is 1. The van der Waals surface area contributed by atoms with Crippen molar-refractivity contribution in [1.29, 1.82) is 0 Å². The van der Waals surface area contributed by atoms with Gasteiger partial charge in [0.1, 0.15) is 11.0 Å². The van der Waals surface area contributed by atoms with E-state index in [0.29, 0.717) is 25.1 Å². The van der Waals surface area contributed by atoms with E-state index in [2.05, 4.69) is 15.4 Å². The highest BCUT2D eigenvalue weighted by atomic mass is 32.1. The molecule has 1 saturated heterocycles. The van der Waals surface area contributed by atoms with Gasteiger partial charge >= 0.3 is 0 Å². The summed E-state index contributed by atoms with van der Waals surface area (Å²) in [6.45, 7) is 0.939. The summed E-state index contributed by atoms with van der Waals surface area (Å²) in [5, 5.41) is 9.87. The summed E-state index contributed by atoms with van der Waals surface area (Å²) in [5.74, 6) is -0.283. The molecule has 4 rings (SSSR count). The summed E-state index contributed by atoms with van der Waals surface area (Å²) in [5.41, 5.74) is 2.39. The highest BCUT2D eigenvalue weighted by molar-refractivity contribution is 7.13. The maximum absolute atomic E-state index is 12.7. The van der Waals surface area contributed by atoms with E-state index < -0.39 is 6.04 Å². The van der Waals surface area contributed by atoms with Gasteiger partial charge in [0, 0.05) is 30.7 Å². The van der Waals surface area contributed by atoms with Crippen molar-refractivity contribution in [2.75, 3.05) is 6.54 Å². The number of nitrogens with zero attached hydrogens (tertiary/aromatic N) is 4. The fraction of sp³-hybridized carbons (Fsp3) is 0.300. The van der Waals surface area contributed by atoms with Crippen LogP contribution in [0.2, 0.25) is 0 Å². The van der Waals surface area contributed by atoms with Gasteiger partial charge in [-0.1, -0.05) is 30.3 Å². The van der Waals surface area contributed by atoms with E-state index >= 15 is 0 Å². The van der Waals surface area contributed by atoms with Crippen molar-refractivity contribution in [2.45, 2.75) is 25.4 Å². The van der Waals surface area contributed by atoms with Crippen LogP contribution < -0.4 is 5.32 Å². The first-order valence-electron chi connectivity index (χ1n) is 9.19. The van der Waals surface area contributed by atoms with E-state index in [-0.39, 0.29) is 11.8 Å². The van der Waals surface area contributed by atoms with Gasteiger partial charge in [-0.2, -0.15) is 5.10 Å². The molecule has 0 radical (unpaired) electrons. The molecule has 0 aliphatic carbocycles. The normalized spacial score (nSPS) is 16.3. The lowest BCUT2D eigenvalue weighted by Crippen LogP contribution is -2.45. The predicted molar refractivity (Wildman–Crippen MR) is 107 cm³/mol. The molecule has 2 aromatic heterocycles. The number of rotatable bonds is 5. The Morgan fingerprint density at radius 2 is 2.11 bits per heavy atom. The van der Waals surface area contributed by atoms with E-state index in [1.807, 2.05) is 35.7 Å². The number of benzene rings is 1. The van der Waals surface area contributed by atoms with Crippen LogP contribution in [0.3, 0.4) is 0 Å². The number of likely N-dealkylation sites (tertiary alicyclic amines) is 1. The first-order valence-corrected chi connectivity index (χ1v) is 10.1. The average molecular weight is 395 g/mol. The number of carbonyl (C=O) groups is 2. The lowest BCUT2D eigenvalue weighted by Gasteiger charge is -2.23. The zero-order valence-electron chi connectivity index (χ0n) is 15.5. The fourth-order valence-corrected chi connectivity index (χ4v) is 4.20. The van der Waals surface area contributed by atoms with E-state index in [1.54, 1.807) is 34.2 Å². The number of amides is 2. The standard InChI is InChI=1S/C20H21N5O2S/c1-24-12-15(10-22-24)20(27)25-9-5-8-17(25)18(26)21-11-16-13-28-19(23-16)14-6-3-2-4-7-14/h2-4,6-7,10,12-13,17H,5,8-9,11H2,1H3,(H,21,26). The molecule has 3 heterocycles. The van der Waals surface area contributed by atoms with Gasteiger partial charge in [-0.3, -0.25) is 14.3 Å². The first kappa shape index (κ1) is 18.4. The van der Waals surface area contributed by atoms with Gasteiger partial charge in [-0.05, 0) is 12.8 Å². The third-order valence-electron chi connectivity index (χ3n) is 4.78. The highest BCUT2D eigenvalue weighted by Gasteiger charge is 2.34. The van der Waals surface area contributed by atoms with Crippen LogP contribution in [0.15, 0.2) is 48.1 Å². The largest absolute Gasteiger partial charge is 0.349 e. The van der Waals surface area contributed by atoms with Crippen LogP contribution in [0.1, 0.15) is 28.9 Å². The van der Waals surface area contributed by atoms with Crippen LogP contribution in [-0.2, 0) is 18.4 Å². The van der Waals surface area contributed by atoms with Crippen molar-refractivity contribution < 1.29 is 9.59 Å². The molecule has 1 aliphatic heterocycles. The van der Waals surface area contributed by atoms with Gasteiger partial charge in [-0.15, -0.1) is 11.3 Å². The van der Waals surface area contributed by atoms with Crippen LogP contribution in [0, 0.1) is 0 Å². The Labute approximate surface area is 167 Å².